The molecular formula is C9H11BO2. The Morgan fingerprint density at radius 2 is 2.33 bits per heavy atom. The third-order valence-corrected chi connectivity index (χ3v) is 2.21. The number of hydrogen-bond acceptors (Lipinski definition) is 2. The number of hydrogen-bond donors (Lipinski definition) is 1. The van der Waals surface area contributed by atoms with E-state index in [9.17, 15) is 5.02 Å². The molecule has 1 heterocycles. The van der Waals surface area contributed by atoms with Crippen LogP contribution in [0.5, 0.6) is 0 Å². The minimum atomic E-state index is -0.714. The molecular weight excluding hydrogens is 151 g/mol. The number of benzene rings is 1. The monoisotopic (exact) mass is 162 g/mol. The second-order valence-corrected chi connectivity index (χ2v) is 3.18. The van der Waals surface area contributed by atoms with E-state index < -0.39 is 7.12 Å². The van der Waals surface area contributed by atoms with Crippen LogP contribution in [0.15, 0.2) is 18.2 Å². The minimum Gasteiger partial charge on any atom is -0.423 e. The number of fused-ring (bicyclic) bond motifs is 1. The topological polar surface area (TPSA) is 29.5 Å². The molecule has 1 aromatic rings. The first-order valence-corrected chi connectivity index (χ1v) is 4.16. The first kappa shape index (κ1) is 7.83. The summed E-state index contributed by atoms with van der Waals surface area (Å²) in [6.45, 7) is 2.64. The van der Waals surface area contributed by atoms with Gasteiger partial charge in [-0.1, -0.05) is 23.8 Å². The molecule has 1 aromatic carbocycles. The summed E-state index contributed by atoms with van der Waals surface area (Å²) >= 11 is 0. The van der Waals surface area contributed by atoms with Crippen molar-refractivity contribution in [3.8, 4) is 0 Å². The quantitative estimate of drug-likeness (QED) is 0.554. The van der Waals surface area contributed by atoms with E-state index in [2.05, 4.69) is 12.1 Å². The molecule has 1 aliphatic heterocycles. The third kappa shape index (κ3) is 1.26. The van der Waals surface area contributed by atoms with E-state index in [1.54, 1.807) is 0 Å². The van der Waals surface area contributed by atoms with Crippen LogP contribution in [0.2, 0.25) is 0 Å². The van der Waals surface area contributed by atoms with Crippen molar-refractivity contribution in [3.63, 3.8) is 0 Å². The lowest BCUT2D eigenvalue weighted by Gasteiger charge is -2.18. The average Bonchev–Trinajstić information content (AvgIpc) is 2.07. The van der Waals surface area contributed by atoms with E-state index >= 15 is 0 Å². The third-order valence-electron chi connectivity index (χ3n) is 2.21. The van der Waals surface area contributed by atoms with Crippen molar-refractivity contribution >= 4 is 12.6 Å². The smallest absolute Gasteiger partial charge is 0.423 e. The lowest BCUT2D eigenvalue weighted by molar-refractivity contribution is 0.266. The lowest BCUT2D eigenvalue weighted by Crippen LogP contribution is -2.41. The highest BCUT2D eigenvalue weighted by molar-refractivity contribution is 6.60. The Morgan fingerprint density at radius 3 is 3.17 bits per heavy atom. The van der Waals surface area contributed by atoms with E-state index in [1.165, 1.54) is 11.1 Å². The Labute approximate surface area is 72.3 Å². The van der Waals surface area contributed by atoms with Gasteiger partial charge in [0.1, 0.15) is 0 Å². The molecule has 0 fully saturated rings. The molecule has 0 aliphatic carbocycles. The SMILES string of the molecule is Cc1ccc2c(c1)B(O)OCC2. The first-order chi connectivity index (χ1) is 5.77. The van der Waals surface area contributed by atoms with Gasteiger partial charge in [-0.2, -0.15) is 0 Å². The maximum absolute atomic E-state index is 9.46. The lowest BCUT2D eigenvalue weighted by atomic mass is 9.73. The van der Waals surface area contributed by atoms with Crippen LogP contribution in [0.1, 0.15) is 11.1 Å². The van der Waals surface area contributed by atoms with Crippen molar-refractivity contribution in [2.45, 2.75) is 13.3 Å². The molecule has 12 heavy (non-hydrogen) atoms. The molecule has 1 N–H and O–H groups in total. The van der Waals surface area contributed by atoms with Gasteiger partial charge in [-0.15, -0.1) is 0 Å². The summed E-state index contributed by atoms with van der Waals surface area (Å²) in [5, 5.41) is 9.46. The van der Waals surface area contributed by atoms with Crippen LogP contribution in [0.25, 0.3) is 0 Å². The Kier molecular flexibility index (Phi) is 1.91. The summed E-state index contributed by atoms with van der Waals surface area (Å²) in [6.07, 6.45) is 0.909. The number of rotatable bonds is 0. The van der Waals surface area contributed by atoms with Gasteiger partial charge in [0.25, 0.3) is 0 Å². The van der Waals surface area contributed by atoms with E-state index in [1.807, 2.05) is 13.0 Å². The molecule has 0 bridgehead atoms. The Hall–Kier alpha value is -0.795. The van der Waals surface area contributed by atoms with Crippen LogP contribution in [0.4, 0.5) is 0 Å². The van der Waals surface area contributed by atoms with Crippen molar-refractivity contribution in [1.29, 1.82) is 0 Å². The zero-order valence-corrected chi connectivity index (χ0v) is 7.08. The fourth-order valence-corrected chi connectivity index (χ4v) is 1.54. The maximum atomic E-state index is 9.46. The van der Waals surface area contributed by atoms with Gasteiger partial charge in [-0.3, -0.25) is 0 Å². The Balaban J connectivity index is 2.47. The molecule has 0 unspecified atom stereocenters. The van der Waals surface area contributed by atoms with Crippen LogP contribution in [0.3, 0.4) is 0 Å². The molecule has 0 saturated carbocycles. The first-order valence-electron chi connectivity index (χ1n) is 4.16. The van der Waals surface area contributed by atoms with E-state index in [0.717, 1.165) is 11.9 Å². The van der Waals surface area contributed by atoms with Crippen LogP contribution in [0, 0.1) is 6.92 Å². The highest BCUT2D eigenvalue weighted by Crippen LogP contribution is 2.07. The fraction of sp³-hybridized carbons (Fsp3) is 0.333. The van der Waals surface area contributed by atoms with E-state index in [-0.39, 0.29) is 0 Å². The van der Waals surface area contributed by atoms with Gasteiger partial charge in [-0.05, 0) is 24.4 Å². The van der Waals surface area contributed by atoms with Crippen LogP contribution in [-0.4, -0.2) is 18.7 Å². The Morgan fingerprint density at radius 1 is 1.50 bits per heavy atom. The summed E-state index contributed by atoms with van der Waals surface area (Å²) in [4.78, 5) is 0. The summed E-state index contributed by atoms with van der Waals surface area (Å²) < 4.78 is 5.11. The molecule has 0 radical (unpaired) electrons. The molecule has 3 heteroatoms. The van der Waals surface area contributed by atoms with Crippen LogP contribution < -0.4 is 5.46 Å². The molecule has 0 spiro atoms. The van der Waals surface area contributed by atoms with Gasteiger partial charge in [0.15, 0.2) is 0 Å². The molecule has 0 atom stereocenters. The molecule has 2 rings (SSSR count). The predicted octanol–water partition coefficient (Wildman–Crippen LogP) is 0.255. The zero-order chi connectivity index (χ0) is 8.55. The van der Waals surface area contributed by atoms with Gasteiger partial charge in [-0.25, -0.2) is 0 Å². The Bertz CT molecular complexity index is 299. The molecule has 62 valence electrons. The van der Waals surface area contributed by atoms with Gasteiger partial charge < -0.3 is 9.68 Å². The van der Waals surface area contributed by atoms with E-state index in [0.29, 0.717) is 6.61 Å². The molecule has 0 saturated heterocycles. The van der Waals surface area contributed by atoms with Crippen molar-refractivity contribution in [2.75, 3.05) is 6.61 Å². The molecule has 1 aliphatic rings. The predicted molar refractivity (Wildman–Crippen MR) is 48.4 cm³/mol. The van der Waals surface area contributed by atoms with Crippen LogP contribution >= 0.6 is 0 Å². The van der Waals surface area contributed by atoms with Crippen molar-refractivity contribution in [3.05, 3.63) is 29.3 Å². The standard InChI is InChI=1S/C9H11BO2/c1-7-2-3-8-4-5-12-10(11)9(8)6-7/h2-3,6,11H,4-5H2,1H3. The average molecular weight is 162 g/mol. The van der Waals surface area contributed by atoms with Gasteiger partial charge in [0.05, 0.1) is 0 Å². The second-order valence-electron chi connectivity index (χ2n) is 3.18. The normalized spacial score (nSPS) is 16.0. The van der Waals surface area contributed by atoms with Crippen molar-refractivity contribution in [2.24, 2.45) is 0 Å². The van der Waals surface area contributed by atoms with Crippen molar-refractivity contribution < 1.29 is 9.68 Å². The maximum Gasteiger partial charge on any atom is 0.491 e. The van der Waals surface area contributed by atoms with Gasteiger partial charge in [0, 0.05) is 6.61 Å². The molecule has 2 nitrogen and oxygen atoms in total. The highest BCUT2D eigenvalue weighted by Gasteiger charge is 2.23. The summed E-state index contributed by atoms with van der Waals surface area (Å²) in [6, 6.07) is 6.12. The number of aryl methyl sites for hydroxylation is 1. The fourth-order valence-electron chi connectivity index (χ4n) is 1.54. The van der Waals surface area contributed by atoms with E-state index in [4.69, 9.17) is 4.65 Å². The van der Waals surface area contributed by atoms with Gasteiger partial charge >= 0.3 is 7.12 Å². The van der Waals surface area contributed by atoms with Crippen molar-refractivity contribution in [1.82, 2.24) is 0 Å². The van der Waals surface area contributed by atoms with Gasteiger partial charge in [0.2, 0.25) is 0 Å². The minimum absolute atomic E-state index is 0.622. The molecule has 0 aromatic heterocycles. The highest BCUT2D eigenvalue weighted by atomic mass is 16.5. The zero-order valence-electron chi connectivity index (χ0n) is 7.08. The molecule has 0 amide bonds. The van der Waals surface area contributed by atoms with Crippen LogP contribution in [-0.2, 0) is 11.1 Å². The summed E-state index contributed by atoms with van der Waals surface area (Å²) in [5.74, 6) is 0. The summed E-state index contributed by atoms with van der Waals surface area (Å²) in [7, 11) is -0.714. The largest absolute Gasteiger partial charge is 0.491 e. The summed E-state index contributed by atoms with van der Waals surface area (Å²) in [5.41, 5.74) is 3.30. The second kappa shape index (κ2) is 2.92.